The number of likely N-dealkylation sites (N-methyl/N-ethyl adjacent to an activating group) is 1. The number of nitrogens with zero attached hydrogens (tertiary/aromatic N) is 1. The molecule has 0 heterocycles. The molecule has 1 aromatic rings. The Bertz CT molecular complexity index is 475. The monoisotopic (exact) mass is 301 g/mol. The molecule has 1 aliphatic rings. The SMILES string of the molecule is CN(CC(O)C1CC1)C(=O)Cc1ccc(Cl)cc1Cl. The predicted octanol–water partition coefficient (Wildman–Crippen LogP) is 2.77. The number of benzene rings is 1. The van der Waals surface area contributed by atoms with Gasteiger partial charge in [0.25, 0.3) is 0 Å². The van der Waals surface area contributed by atoms with Crippen LogP contribution in [0.3, 0.4) is 0 Å². The Balaban J connectivity index is 1.91. The number of carbonyl (C=O) groups excluding carboxylic acids is 1. The van der Waals surface area contributed by atoms with Gasteiger partial charge in [0.1, 0.15) is 0 Å². The summed E-state index contributed by atoms with van der Waals surface area (Å²) in [4.78, 5) is 13.6. The molecule has 2 rings (SSSR count). The average molecular weight is 302 g/mol. The molecule has 0 aromatic heterocycles. The maximum atomic E-state index is 12.1. The molecular weight excluding hydrogens is 285 g/mol. The van der Waals surface area contributed by atoms with Gasteiger partial charge in [0.05, 0.1) is 12.5 Å². The maximum Gasteiger partial charge on any atom is 0.226 e. The van der Waals surface area contributed by atoms with Gasteiger partial charge in [-0.05, 0) is 36.5 Å². The smallest absolute Gasteiger partial charge is 0.226 e. The molecule has 0 aliphatic heterocycles. The molecule has 1 aliphatic carbocycles. The van der Waals surface area contributed by atoms with Gasteiger partial charge in [0.2, 0.25) is 5.91 Å². The molecule has 0 bridgehead atoms. The van der Waals surface area contributed by atoms with Crippen molar-refractivity contribution in [2.45, 2.75) is 25.4 Å². The van der Waals surface area contributed by atoms with Crippen molar-refractivity contribution in [3.05, 3.63) is 33.8 Å². The third-order valence-electron chi connectivity index (χ3n) is 3.41. The Morgan fingerprint density at radius 1 is 1.47 bits per heavy atom. The number of carbonyl (C=O) groups is 1. The maximum absolute atomic E-state index is 12.1. The minimum absolute atomic E-state index is 0.0519. The molecule has 5 heteroatoms. The van der Waals surface area contributed by atoms with Crippen LogP contribution in [0, 0.1) is 5.92 Å². The van der Waals surface area contributed by atoms with Gasteiger partial charge in [-0.3, -0.25) is 4.79 Å². The van der Waals surface area contributed by atoms with E-state index in [2.05, 4.69) is 0 Å². The third-order valence-corrected chi connectivity index (χ3v) is 4.00. The molecular formula is C14H17Cl2NO2. The van der Waals surface area contributed by atoms with Crippen LogP contribution in [0.15, 0.2) is 18.2 Å². The molecule has 19 heavy (non-hydrogen) atoms. The average Bonchev–Trinajstić information content (AvgIpc) is 3.16. The summed E-state index contributed by atoms with van der Waals surface area (Å²) in [5.41, 5.74) is 0.754. The highest BCUT2D eigenvalue weighted by atomic mass is 35.5. The normalized spacial score (nSPS) is 16.2. The van der Waals surface area contributed by atoms with Gasteiger partial charge in [0.15, 0.2) is 0 Å². The Kier molecular flexibility index (Phi) is 4.71. The van der Waals surface area contributed by atoms with Gasteiger partial charge < -0.3 is 10.0 Å². The molecule has 1 aromatic carbocycles. The van der Waals surface area contributed by atoms with Gasteiger partial charge >= 0.3 is 0 Å². The molecule has 0 radical (unpaired) electrons. The fourth-order valence-corrected chi connectivity index (χ4v) is 2.45. The van der Waals surface area contributed by atoms with E-state index in [1.54, 1.807) is 30.1 Å². The standard InChI is InChI=1S/C14H17Cl2NO2/c1-17(8-13(18)9-2-3-9)14(19)6-10-4-5-11(15)7-12(10)16/h4-5,7,9,13,18H,2-3,6,8H2,1H3. The number of aliphatic hydroxyl groups excluding tert-OH is 1. The highest BCUT2D eigenvalue weighted by Gasteiger charge is 2.31. The van der Waals surface area contributed by atoms with Crippen molar-refractivity contribution in [2.75, 3.05) is 13.6 Å². The Morgan fingerprint density at radius 3 is 2.74 bits per heavy atom. The van der Waals surface area contributed by atoms with E-state index in [0.717, 1.165) is 18.4 Å². The van der Waals surface area contributed by atoms with E-state index in [1.807, 2.05) is 0 Å². The third kappa shape index (κ3) is 4.10. The second-order valence-corrected chi connectivity index (χ2v) is 5.94. The Labute approximate surface area is 123 Å². The summed E-state index contributed by atoms with van der Waals surface area (Å²) in [5, 5.41) is 10.9. The van der Waals surface area contributed by atoms with Gasteiger partial charge in [-0.25, -0.2) is 0 Å². The molecule has 1 fully saturated rings. The molecule has 104 valence electrons. The van der Waals surface area contributed by atoms with Crippen molar-refractivity contribution in [1.82, 2.24) is 4.90 Å². The second-order valence-electron chi connectivity index (χ2n) is 5.09. The van der Waals surface area contributed by atoms with Crippen LogP contribution in [0.25, 0.3) is 0 Å². The topological polar surface area (TPSA) is 40.5 Å². The number of amides is 1. The molecule has 0 spiro atoms. The summed E-state index contributed by atoms with van der Waals surface area (Å²) in [5.74, 6) is 0.318. The van der Waals surface area contributed by atoms with Gasteiger partial charge in [-0.2, -0.15) is 0 Å². The summed E-state index contributed by atoms with van der Waals surface area (Å²) in [7, 11) is 1.71. The molecule has 1 unspecified atom stereocenters. The molecule has 1 amide bonds. The summed E-state index contributed by atoms with van der Waals surface area (Å²) < 4.78 is 0. The predicted molar refractivity (Wildman–Crippen MR) is 76.5 cm³/mol. The van der Waals surface area contributed by atoms with Crippen LogP contribution in [0.4, 0.5) is 0 Å². The van der Waals surface area contributed by atoms with Crippen LogP contribution >= 0.6 is 23.2 Å². The van der Waals surface area contributed by atoms with E-state index < -0.39 is 6.10 Å². The van der Waals surface area contributed by atoms with Crippen molar-refractivity contribution in [1.29, 1.82) is 0 Å². The van der Waals surface area contributed by atoms with Crippen molar-refractivity contribution < 1.29 is 9.90 Å². The van der Waals surface area contributed by atoms with E-state index in [1.165, 1.54) is 0 Å². The highest BCUT2D eigenvalue weighted by molar-refractivity contribution is 6.35. The molecule has 1 N–H and O–H groups in total. The number of hydrogen-bond donors (Lipinski definition) is 1. The lowest BCUT2D eigenvalue weighted by molar-refractivity contribution is -0.130. The number of aliphatic hydroxyl groups is 1. The quantitative estimate of drug-likeness (QED) is 0.908. The summed E-state index contributed by atoms with van der Waals surface area (Å²) in [6.45, 7) is 0.384. The van der Waals surface area contributed by atoms with Crippen molar-refractivity contribution in [3.63, 3.8) is 0 Å². The zero-order valence-corrected chi connectivity index (χ0v) is 12.3. The van der Waals surface area contributed by atoms with E-state index >= 15 is 0 Å². The zero-order chi connectivity index (χ0) is 14.0. The minimum atomic E-state index is -0.408. The van der Waals surface area contributed by atoms with Crippen LogP contribution in [-0.2, 0) is 11.2 Å². The zero-order valence-electron chi connectivity index (χ0n) is 10.8. The minimum Gasteiger partial charge on any atom is -0.391 e. The van der Waals surface area contributed by atoms with Crippen LogP contribution in [-0.4, -0.2) is 35.6 Å². The van der Waals surface area contributed by atoms with Crippen molar-refractivity contribution in [2.24, 2.45) is 5.92 Å². The summed E-state index contributed by atoms with van der Waals surface area (Å²) >= 11 is 11.9. The lowest BCUT2D eigenvalue weighted by Crippen LogP contribution is -2.36. The van der Waals surface area contributed by atoms with E-state index in [0.29, 0.717) is 22.5 Å². The lowest BCUT2D eigenvalue weighted by Gasteiger charge is -2.21. The van der Waals surface area contributed by atoms with Crippen LogP contribution in [0.1, 0.15) is 18.4 Å². The van der Waals surface area contributed by atoms with Crippen LogP contribution < -0.4 is 0 Å². The number of hydrogen-bond acceptors (Lipinski definition) is 2. The fourth-order valence-electron chi connectivity index (χ4n) is 1.98. The molecule has 1 atom stereocenters. The molecule has 0 saturated heterocycles. The first kappa shape index (κ1) is 14.6. The van der Waals surface area contributed by atoms with E-state index in [9.17, 15) is 9.90 Å². The largest absolute Gasteiger partial charge is 0.391 e. The van der Waals surface area contributed by atoms with Gasteiger partial charge in [0, 0.05) is 23.6 Å². The first-order valence-corrected chi connectivity index (χ1v) is 7.09. The fraction of sp³-hybridized carbons (Fsp3) is 0.500. The van der Waals surface area contributed by atoms with Gasteiger partial charge in [-0.1, -0.05) is 29.3 Å². The van der Waals surface area contributed by atoms with E-state index in [4.69, 9.17) is 23.2 Å². The van der Waals surface area contributed by atoms with Crippen molar-refractivity contribution in [3.8, 4) is 0 Å². The van der Waals surface area contributed by atoms with Gasteiger partial charge in [-0.15, -0.1) is 0 Å². The van der Waals surface area contributed by atoms with Crippen molar-refractivity contribution >= 4 is 29.1 Å². The first-order chi connectivity index (χ1) is 8.97. The lowest BCUT2D eigenvalue weighted by atomic mass is 10.1. The van der Waals surface area contributed by atoms with Crippen LogP contribution in [0.5, 0.6) is 0 Å². The number of rotatable bonds is 5. The Morgan fingerprint density at radius 2 is 2.16 bits per heavy atom. The molecule has 3 nitrogen and oxygen atoms in total. The summed E-state index contributed by atoms with van der Waals surface area (Å²) in [6.07, 6.45) is 1.94. The Hall–Kier alpha value is -0.770. The number of halogens is 2. The first-order valence-electron chi connectivity index (χ1n) is 6.33. The highest BCUT2D eigenvalue weighted by Crippen LogP contribution is 2.32. The molecule has 1 saturated carbocycles. The van der Waals surface area contributed by atoms with Crippen LogP contribution in [0.2, 0.25) is 10.0 Å². The second kappa shape index (κ2) is 6.12. The summed E-state index contributed by atoms with van der Waals surface area (Å²) in [6, 6.07) is 5.10. The van der Waals surface area contributed by atoms with E-state index in [-0.39, 0.29) is 12.3 Å².